The molecule has 3 rings (SSSR count). The number of amides is 1. The molecule has 1 aromatic carbocycles. The number of benzene rings is 1. The number of carbonyl (C=O) groups excluding carboxylic acids is 1. The molecule has 174 valence electrons. The molecule has 1 amide bonds. The molecule has 1 N–H and O–H groups in total. The van der Waals surface area contributed by atoms with Crippen molar-refractivity contribution < 1.29 is 26.4 Å². The monoisotopic (exact) mass is 474 g/mol. The molecule has 0 saturated carbocycles. The first kappa shape index (κ1) is 23.9. The number of ether oxygens (including phenoxy) is 1. The first-order chi connectivity index (χ1) is 14.6. The lowest BCUT2D eigenvalue weighted by molar-refractivity contribution is -0.116. The summed E-state index contributed by atoms with van der Waals surface area (Å²) >= 11 is 0. The SMILES string of the molecule is CN(CC(=O)Nc1cc(S(=O)(=O)N2CCOCC2)ccc1N1CCCCC1)S(C)(=O)=O. The van der Waals surface area contributed by atoms with Crippen molar-refractivity contribution in [2.75, 3.05) is 69.5 Å². The molecule has 31 heavy (non-hydrogen) atoms. The van der Waals surface area contributed by atoms with Gasteiger partial charge in [0.25, 0.3) is 0 Å². The van der Waals surface area contributed by atoms with Gasteiger partial charge in [0, 0.05) is 33.2 Å². The molecule has 2 fully saturated rings. The predicted octanol–water partition coefficient (Wildman–Crippen LogP) is 0.528. The molecule has 0 atom stereocenters. The van der Waals surface area contributed by atoms with Crippen LogP contribution < -0.4 is 10.2 Å². The van der Waals surface area contributed by atoms with E-state index in [0.717, 1.165) is 48.6 Å². The van der Waals surface area contributed by atoms with E-state index in [1.54, 1.807) is 12.1 Å². The largest absolute Gasteiger partial charge is 0.379 e. The Kier molecular flexibility index (Phi) is 7.58. The molecule has 2 aliphatic heterocycles. The Hall–Kier alpha value is -1.73. The Morgan fingerprint density at radius 1 is 1.06 bits per heavy atom. The topological polar surface area (TPSA) is 116 Å². The second-order valence-corrected chi connectivity index (χ2v) is 11.8. The number of carbonyl (C=O) groups is 1. The van der Waals surface area contributed by atoms with E-state index < -0.39 is 26.0 Å². The van der Waals surface area contributed by atoms with Crippen molar-refractivity contribution in [1.82, 2.24) is 8.61 Å². The van der Waals surface area contributed by atoms with Gasteiger partial charge in [-0.3, -0.25) is 4.79 Å². The highest BCUT2D eigenvalue weighted by Gasteiger charge is 2.28. The van der Waals surface area contributed by atoms with Crippen LogP contribution in [-0.4, -0.2) is 90.6 Å². The van der Waals surface area contributed by atoms with Crippen LogP contribution in [-0.2, 0) is 29.6 Å². The lowest BCUT2D eigenvalue weighted by Crippen LogP contribution is -2.40. The minimum Gasteiger partial charge on any atom is -0.379 e. The fourth-order valence-corrected chi connectivity index (χ4v) is 5.42. The number of rotatable bonds is 7. The molecule has 0 aliphatic carbocycles. The zero-order valence-electron chi connectivity index (χ0n) is 17.9. The maximum absolute atomic E-state index is 13.1. The zero-order chi connectivity index (χ0) is 22.6. The first-order valence-electron chi connectivity index (χ1n) is 10.3. The molecule has 2 aliphatic rings. The summed E-state index contributed by atoms with van der Waals surface area (Å²) in [6, 6.07) is 4.74. The molecule has 2 saturated heterocycles. The summed E-state index contributed by atoms with van der Waals surface area (Å²) < 4.78 is 57.0. The van der Waals surface area contributed by atoms with E-state index in [1.165, 1.54) is 17.4 Å². The second kappa shape index (κ2) is 9.82. The normalized spacial score (nSPS) is 18.9. The Labute approximate surface area is 184 Å². The molecule has 0 unspecified atom stereocenters. The molecule has 10 nitrogen and oxygen atoms in total. The summed E-state index contributed by atoms with van der Waals surface area (Å²) in [7, 11) is -5.94. The molecule has 0 spiro atoms. The number of likely N-dealkylation sites (N-methyl/N-ethyl adjacent to an activating group) is 1. The number of hydrogen-bond acceptors (Lipinski definition) is 7. The van der Waals surface area contributed by atoms with Gasteiger partial charge in [-0.15, -0.1) is 0 Å². The molecule has 0 bridgehead atoms. The van der Waals surface area contributed by atoms with Gasteiger partial charge in [-0.1, -0.05) is 0 Å². The Bertz CT molecular complexity index is 1000. The third-order valence-corrected chi connectivity index (χ3v) is 8.64. The minimum atomic E-state index is -3.74. The van der Waals surface area contributed by atoms with Crippen LogP contribution in [0.2, 0.25) is 0 Å². The van der Waals surface area contributed by atoms with Crippen LogP contribution in [0.5, 0.6) is 0 Å². The van der Waals surface area contributed by atoms with Crippen molar-refractivity contribution in [3.05, 3.63) is 18.2 Å². The quantitative estimate of drug-likeness (QED) is 0.613. The number of anilines is 2. The van der Waals surface area contributed by atoms with Crippen molar-refractivity contribution >= 4 is 37.3 Å². The predicted molar refractivity (Wildman–Crippen MR) is 118 cm³/mol. The third kappa shape index (κ3) is 5.95. The second-order valence-electron chi connectivity index (χ2n) is 7.81. The summed E-state index contributed by atoms with van der Waals surface area (Å²) in [5, 5.41) is 2.73. The summed E-state index contributed by atoms with van der Waals surface area (Å²) in [6.07, 6.45) is 4.17. The van der Waals surface area contributed by atoms with Crippen molar-refractivity contribution in [1.29, 1.82) is 0 Å². The van der Waals surface area contributed by atoms with Gasteiger partial charge in [-0.2, -0.15) is 8.61 Å². The summed E-state index contributed by atoms with van der Waals surface area (Å²) in [4.78, 5) is 14.8. The van der Waals surface area contributed by atoms with E-state index in [-0.39, 0.29) is 24.5 Å². The standard InChI is InChI=1S/C19H30N4O6S2/c1-21(30(2,25)26)15-19(24)20-17-14-16(31(27,28)23-10-12-29-13-11-23)6-7-18(17)22-8-4-3-5-9-22/h6-7,14H,3-5,8-13,15H2,1-2H3,(H,20,24). The molecule has 1 aromatic rings. The molecule has 12 heteroatoms. The van der Waals surface area contributed by atoms with Gasteiger partial charge in [0.05, 0.1) is 42.3 Å². The van der Waals surface area contributed by atoms with Crippen LogP contribution in [0.25, 0.3) is 0 Å². The fraction of sp³-hybridized carbons (Fsp3) is 0.632. The molecule has 0 radical (unpaired) electrons. The molecular weight excluding hydrogens is 444 g/mol. The first-order valence-corrected chi connectivity index (χ1v) is 13.6. The average Bonchev–Trinajstić information content (AvgIpc) is 2.74. The number of sulfonamides is 2. The number of morpholine rings is 1. The highest BCUT2D eigenvalue weighted by atomic mass is 32.2. The highest BCUT2D eigenvalue weighted by Crippen LogP contribution is 2.32. The summed E-state index contributed by atoms with van der Waals surface area (Å²) in [6.45, 7) is 2.48. The van der Waals surface area contributed by atoms with Crippen LogP contribution in [0.4, 0.5) is 11.4 Å². The van der Waals surface area contributed by atoms with Crippen LogP contribution in [0.3, 0.4) is 0 Å². The zero-order valence-corrected chi connectivity index (χ0v) is 19.5. The van der Waals surface area contributed by atoms with Gasteiger partial charge >= 0.3 is 0 Å². The van der Waals surface area contributed by atoms with Gasteiger partial charge in [-0.05, 0) is 37.5 Å². The smallest absolute Gasteiger partial charge is 0.243 e. The molecular formula is C19H30N4O6S2. The molecule has 2 heterocycles. The summed E-state index contributed by atoms with van der Waals surface area (Å²) in [5.74, 6) is -0.535. The van der Waals surface area contributed by atoms with Crippen LogP contribution in [0, 0.1) is 0 Å². The van der Waals surface area contributed by atoms with E-state index in [1.807, 2.05) is 0 Å². The fourth-order valence-electron chi connectivity index (χ4n) is 3.63. The third-order valence-electron chi connectivity index (χ3n) is 5.48. The minimum absolute atomic E-state index is 0.0851. The van der Waals surface area contributed by atoms with Crippen LogP contribution in [0.1, 0.15) is 19.3 Å². The highest BCUT2D eigenvalue weighted by molar-refractivity contribution is 7.89. The maximum atomic E-state index is 13.1. The molecule has 0 aromatic heterocycles. The van der Waals surface area contributed by atoms with E-state index >= 15 is 0 Å². The average molecular weight is 475 g/mol. The van der Waals surface area contributed by atoms with Crippen molar-refractivity contribution in [3.63, 3.8) is 0 Å². The number of hydrogen-bond donors (Lipinski definition) is 1. The van der Waals surface area contributed by atoms with E-state index in [0.29, 0.717) is 18.9 Å². The lowest BCUT2D eigenvalue weighted by Gasteiger charge is -2.31. The van der Waals surface area contributed by atoms with Crippen molar-refractivity contribution in [2.24, 2.45) is 0 Å². The van der Waals surface area contributed by atoms with Gasteiger partial charge in [0.15, 0.2) is 0 Å². The van der Waals surface area contributed by atoms with Gasteiger partial charge in [0.2, 0.25) is 26.0 Å². The van der Waals surface area contributed by atoms with E-state index in [4.69, 9.17) is 4.74 Å². The van der Waals surface area contributed by atoms with Crippen LogP contribution >= 0.6 is 0 Å². The Morgan fingerprint density at radius 2 is 1.71 bits per heavy atom. The maximum Gasteiger partial charge on any atom is 0.243 e. The van der Waals surface area contributed by atoms with E-state index in [2.05, 4.69) is 10.2 Å². The van der Waals surface area contributed by atoms with Crippen molar-refractivity contribution in [2.45, 2.75) is 24.2 Å². The van der Waals surface area contributed by atoms with Crippen LogP contribution in [0.15, 0.2) is 23.1 Å². The van der Waals surface area contributed by atoms with Gasteiger partial charge < -0.3 is 15.0 Å². The lowest BCUT2D eigenvalue weighted by atomic mass is 10.1. The van der Waals surface area contributed by atoms with Gasteiger partial charge in [0.1, 0.15) is 0 Å². The number of nitrogens with zero attached hydrogens (tertiary/aromatic N) is 3. The number of piperidine rings is 1. The Balaban J connectivity index is 1.91. The van der Waals surface area contributed by atoms with Crippen molar-refractivity contribution in [3.8, 4) is 0 Å². The Morgan fingerprint density at radius 3 is 2.32 bits per heavy atom. The summed E-state index contributed by atoms with van der Waals surface area (Å²) in [5.41, 5.74) is 1.10. The number of nitrogens with one attached hydrogen (secondary N) is 1. The van der Waals surface area contributed by atoms with E-state index in [9.17, 15) is 21.6 Å². The van der Waals surface area contributed by atoms with Gasteiger partial charge in [-0.25, -0.2) is 16.8 Å².